The lowest BCUT2D eigenvalue weighted by molar-refractivity contribution is -0.127. The molecule has 0 spiro atoms. The van der Waals surface area contributed by atoms with Crippen LogP contribution in [0.3, 0.4) is 0 Å². The Hall–Kier alpha value is -3.98. The fourth-order valence-corrected chi connectivity index (χ4v) is 4.71. The molecule has 0 bridgehead atoms. The molecule has 7 N–H and O–H groups in total. The molecule has 1 unspecified atom stereocenters. The van der Waals surface area contributed by atoms with Gasteiger partial charge in [-0.1, -0.05) is 24.3 Å². The Bertz CT molecular complexity index is 1230. The fraction of sp³-hybridized carbons (Fsp3) is 0.333. The quantitative estimate of drug-likeness (QED) is 0.310. The number of aromatic amines is 1. The molecule has 1 saturated carbocycles. The van der Waals surface area contributed by atoms with Gasteiger partial charge < -0.3 is 26.9 Å². The van der Waals surface area contributed by atoms with E-state index in [9.17, 15) is 19.5 Å². The Morgan fingerprint density at radius 2 is 1.78 bits per heavy atom. The second-order valence-electron chi connectivity index (χ2n) is 9.35. The number of imidazole rings is 1. The van der Waals surface area contributed by atoms with E-state index in [1.165, 1.54) is 6.07 Å². The number of aromatic carboxylic acids is 1. The minimum atomic E-state index is -1.01. The van der Waals surface area contributed by atoms with Gasteiger partial charge in [0.2, 0.25) is 11.8 Å². The first kappa shape index (κ1) is 25.1. The zero-order valence-corrected chi connectivity index (χ0v) is 19.9. The first-order valence-corrected chi connectivity index (χ1v) is 12.1. The third-order valence-corrected chi connectivity index (χ3v) is 6.89. The number of carbonyl (C=O) groups is 3. The van der Waals surface area contributed by atoms with Crippen molar-refractivity contribution in [2.45, 2.75) is 38.1 Å². The molecule has 9 heteroatoms. The zero-order valence-electron chi connectivity index (χ0n) is 19.9. The highest BCUT2D eigenvalue weighted by molar-refractivity contribution is 5.93. The summed E-state index contributed by atoms with van der Waals surface area (Å²) in [6.07, 6.45) is 5.51. The Kier molecular flexibility index (Phi) is 7.80. The molecule has 0 aliphatic heterocycles. The van der Waals surface area contributed by atoms with Crippen LogP contribution in [0.5, 0.6) is 0 Å². The predicted octanol–water partition coefficient (Wildman–Crippen LogP) is 3.04. The Morgan fingerprint density at radius 3 is 2.42 bits per heavy atom. The molecule has 9 nitrogen and oxygen atoms in total. The second kappa shape index (κ2) is 11.2. The van der Waals surface area contributed by atoms with E-state index in [1.807, 2.05) is 6.07 Å². The molecule has 1 heterocycles. The maximum atomic E-state index is 13.2. The summed E-state index contributed by atoms with van der Waals surface area (Å²) >= 11 is 0. The molecule has 0 radical (unpaired) electrons. The van der Waals surface area contributed by atoms with Gasteiger partial charge in [-0.05, 0) is 80.0 Å². The van der Waals surface area contributed by atoms with Crippen molar-refractivity contribution < 1.29 is 19.5 Å². The van der Waals surface area contributed by atoms with Crippen LogP contribution in [0.25, 0.3) is 11.3 Å². The van der Waals surface area contributed by atoms with Gasteiger partial charge in [-0.15, -0.1) is 0 Å². The first-order chi connectivity index (χ1) is 17.3. The van der Waals surface area contributed by atoms with Crippen molar-refractivity contribution >= 4 is 17.8 Å². The van der Waals surface area contributed by atoms with Crippen LogP contribution in [0.1, 0.15) is 63.8 Å². The summed E-state index contributed by atoms with van der Waals surface area (Å²) in [5.41, 5.74) is 14.0. The summed E-state index contributed by atoms with van der Waals surface area (Å²) in [5.74, 6) is -0.594. The van der Waals surface area contributed by atoms with Gasteiger partial charge >= 0.3 is 5.97 Å². The number of carbonyl (C=O) groups excluding carboxylic acids is 2. The summed E-state index contributed by atoms with van der Waals surface area (Å²) in [6, 6.07) is 13.0. The van der Waals surface area contributed by atoms with Gasteiger partial charge in [-0.25, -0.2) is 9.78 Å². The van der Waals surface area contributed by atoms with Gasteiger partial charge in [0.25, 0.3) is 0 Å². The molecule has 1 fully saturated rings. The summed E-state index contributed by atoms with van der Waals surface area (Å²) in [4.78, 5) is 43.8. The summed E-state index contributed by atoms with van der Waals surface area (Å²) in [5, 5.41) is 12.5. The number of hydrogen-bond donors (Lipinski definition) is 5. The Balaban J connectivity index is 1.57. The summed E-state index contributed by atoms with van der Waals surface area (Å²) < 4.78 is 0. The number of carboxylic acid groups (broad SMARTS) is 1. The summed E-state index contributed by atoms with van der Waals surface area (Å²) in [7, 11) is 0. The molecule has 2 amide bonds. The number of rotatable bonds is 9. The molecule has 188 valence electrons. The third kappa shape index (κ3) is 5.98. The lowest BCUT2D eigenvalue weighted by Crippen LogP contribution is -2.37. The predicted molar refractivity (Wildman–Crippen MR) is 135 cm³/mol. The van der Waals surface area contributed by atoms with Crippen molar-refractivity contribution in [1.82, 2.24) is 15.3 Å². The lowest BCUT2D eigenvalue weighted by Gasteiger charge is -2.28. The van der Waals surface area contributed by atoms with E-state index in [0.29, 0.717) is 30.3 Å². The molecule has 1 aliphatic carbocycles. The number of nitrogens with two attached hydrogens (primary N) is 2. The number of nitrogens with zero attached hydrogens (tertiary/aromatic N) is 1. The largest absolute Gasteiger partial charge is 0.478 e. The maximum absolute atomic E-state index is 13.2. The van der Waals surface area contributed by atoms with Crippen molar-refractivity contribution in [3.8, 4) is 11.3 Å². The molecular weight excluding hydrogens is 458 g/mol. The zero-order chi connectivity index (χ0) is 25.7. The first-order valence-electron chi connectivity index (χ1n) is 12.1. The highest BCUT2D eigenvalue weighted by Crippen LogP contribution is 2.29. The van der Waals surface area contributed by atoms with Gasteiger partial charge in [0.15, 0.2) is 0 Å². The number of nitrogens with one attached hydrogen (secondary N) is 2. The van der Waals surface area contributed by atoms with E-state index in [0.717, 1.165) is 42.5 Å². The van der Waals surface area contributed by atoms with Crippen LogP contribution >= 0.6 is 0 Å². The highest BCUT2D eigenvalue weighted by Gasteiger charge is 2.28. The highest BCUT2D eigenvalue weighted by atomic mass is 16.4. The monoisotopic (exact) mass is 489 g/mol. The van der Waals surface area contributed by atoms with Crippen LogP contribution in [0.2, 0.25) is 0 Å². The molecule has 1 atom stereocenters. The maximum Gasteiger partial charge on any atom is 0.335 e. The van der Waals surface area contributed by atoms with E-state index >= 15 is 0 Å². The van der Waals surface area contributed by atoms with Crippen molar-refractivity contribution in [3.05, 3.63) is 77.2 Å². The SMILES string of the molecule is NCC1CCC(C(=O)NC(Cc2cccc(C(=O)O)c2)c2ncc(-c3ccc(C(N)=O)cc3)[nH]2)CC1. The number of amides is 2. The molecule has 4 rings (SSSR count). The molecule has 3 aromatic rings. The van der Waals surface area contributed by atoms with E-state index in [2.05, 4.69) is 15.3 Å². The number of primary amides is 1. The fourth-order valence-electron chi connectivity index (χ4n) is 4.71. The van der Waals surface area contributed by atoms with Crippen LogP contribution in [0, 0.1) is 11.8 Å². The molecular formula is C27H31N5O4. The molecule has 1 aliphatic rings. The van der Waals surface area contributed by atoms with Gasteiger partial charge in [0.1, 0.15) is 5.82 Å². The van der Waals surface area contributed by atoms with E-state index in [1.54, 1.807) is 42.6 Å². The topological polar surface area (TPSA) is 164 Å². The molecule has 1 aromatic heterocycles. The molecule has 36 heavy (non-hydrogen) atoms. The molecule has 0 saturated heterocycles. The Labute approximate surface area is 209 Å². The number of aromatic nitrogens is 2. The third-order valence-electron chi connectivity index (χ3n) is 6.89. The summed E-state index contributed by atoms with van der Waals surface area (Å²) in [6.45, 7) is 0.645. The van der Waals surface area contributed by atoms with Gasteiger partial charge in [0, 0.05) is 11.5 Å². The van der Waals surface area contributed by atoms with Crippen LogP contribution in [0.4, 0.5) is 0 Å². The average molecular weight is 490 g/mol. The van der Waals surface area contributed by atoms with Gasteiger partial charge in [-0.3, -0.25) is 9.59 Å². The van der Waals surface area contributed by atoms with Crippen molar-refractivity contribution in [2.24, 2.45) is 23.3 Å². The second-order valence-corrected chi connectivity index (χ2v) is 9.35. The Morgan fingerprint density at radius 1 is 1.06 bits per heavy atom. The van der Waals surface area contributed by atoms with Crippen molar-refractivity contribution in [2.75, 3.05) is 6.54 Å². The minimum absolute atomic E-state index is 0.0337. The van der Waals surface area contributed by atoms with Gasteiger partial charge in [-0.2, -0.15) is 0 Å². The number of carboxylic acids is 1. The normalized spacial score (nSPS) is 18.4. The van der Waals surface area contributed by atoms with E-state index < -0.39 is 17.9 Å². The van der Waals surface area contributed by atoms with Crippen LogP contribution in [-0.2, 0) is 11.2 Å². The van der Waals surface area contributed by atoms with Crippen LogP contribution < -0.4 is 16.8 Å². The number of benzene rings is 2. The smallest absolute Gasteiger partial charge is 0.335 e. The van der Waals surface area contributed by atoms with Crippen LogP contribution in [-0.4, -0.2) is 39.4 Å². The van der Waals surface area contributed by atoms with Crippen LogP contribution in [0.15, 0.2) is 54.7 Å². The standard InChI is InChI=1S/C27H31N5O4/c28-14-16-4-6-20(7-5-16)26(34)32-22(13-17-2-1-3-21(12-17)27(35)36)25-30-15-23(31-25)18-8-10-19(11-9-18)24(29)33/h1-3,8-12,15-16,20,22H,4-7,13-14,28H2,(H2,29,33)(H,30,31)(H,32,34)(H,35,36). The van der Waals surface area contributed by atoms with E-state index in [-0.39, 0.29) is 17.4 Å². The number of hydrogen-bond acceptors (Lipinski definition) is 5. The van der Waals surface area contributed by atoms with Crippen molar-refractivity contribution in [3.63, 3.8) is 0 Å². The molecule has 2 aromatic carbocycles. The van der Waals surface area contributed by atoms with Gasteiger partial charge in [0.05, 0.1) is 23.5 Å². The average Bonchev–Trinajstić information content (AvgIpc) is 3.39. The minimum Gasteiger partial charge on any atom is -0.478 e. The number of H-pyrrole nitrogens is 1. The van der Waals surface area contributed by atoms with Crippen molar-refractivity contribution in [1.29, 1.82) is 0 Å². The van der Waals surface area contributed by atoms with E-state index in [4.69, 9.17) is 11.5 Å². The lowest BCUT2D eigenvalue weighted by atomic mass is 9.81.